The highest BCUT2D eigenvalue weighted by Crippen LogP contribution is 2.13. The van der Waals surface area contributed by atoms with E-state index in [2.05, 4.69) is 31.2 Å². The van der Waals surface area contributed by atoms with E-state index in [0.29, 0.717) is 6.04 Å². The minimum atomic E-state index is 0.513. The number of unbranched alkanes of at least 4 members (excludes halogenated alkanes) is 2. The predicted molar refractivity (Wildman–Crippen MR) is 71.6 cm³/mol. The third kappa shape index (κ3) is 4.40. The second-order valence-corrected chi connectivity index (χ2v) is 4.27. The predicted octanol–water partition coefficient (Wildman–Crippen LogP) is 4.05. The fraction of sp³-hybridized carbons (Fsp3) is 0.467. The van der Waals surface area contributed by atoms with Crippen LogP contribution in [0.4, 0.5) is 5.69 Å². The van der Waals surface area contributed by atoms with E-state index in [0.717, 1.165) is 11.3 Å². The van der Waals surface area contributed by atoms with Gasteiger partial charge in [-0.05, 0) is 31.5 Å². The van der Waals surface area contributed by atoms with Gasteiger partial charge in [0.05, 0.1) is 0 Å². The van der Waals surface area contributed by atoms with Crippen molar-refractivity contribution in [2.75, 3.05) is 5.32 Å². The maximum Gasteiger partial charge on any atom is 0.0354 e. The van der Waals surface area contributed by atoms with Crippen LogP contribution in [0.15, 0.2) is 24.3 Å². The van der Waals surface area contributed by atoms with Crippen LogP contribution in [0, 0.1) is 12.3 Å². The Morgan fingerprint density at radius 3 is 2.88 bits per heavy atom. The van der Waals surface area contributed by atoms with Crippen molar-refractivity contribution in [2.24, 2.45) is 0 Å². The maximum atomic E-state index is 5.37. The van der Waals surface area contributed by atoms with Crippen LogP contribution in [0.1, 0.15) is 45.1 Å². The van der Waals surface area contributed by atoms with Gasteiger partial charge in [0, 0.05) is 17.3 Å². The number of benzene rings is 1. The zero-order chi connectivity index (χ0) is 11.8. The zero-order valence-electron chi connectivity index (χ0n) is 10.3. The molecule has 0 saturated heterocycles. The van der Waals surface area contributed by atoms with Crippen molar-refractivity contribution in [3.05, 3.63) is 29.8 Å². The van der Waals surface area contributed by atoms with Crippen LogP contribution in [-0.2, 0) is 0 Å². The summed E-state index contributed by atoms with van der Waals surface area (Å²) in [5, 5.41) is 3.48. The van der Waals surface area contributed by atoms with Crippen LogP contribution < -0.4 is 5.32 Å². The molecule has 1 rings (SSSR count). The van der Waals surface area contributed by atoms with E-state index < -0.39 is 0 Å². The Morgan fingerprint density at radius 2 is 2.19 bits per heavy atom. The van der Waals surface area contributed by atoms with E-state index in [1.807, 2.05) is 18.2 Å². The normalized spacial score (nSPS) is 11.8. The molecule has 0 bridgehead atoms. The summed E-state index contributed by atoms with van der Waals surface area (Å²) in [4.78, 5) is 0. The van der Waals surface area contributed by atoms with Crippen LogP contribution in [0.2, 0.25) is 0 Å². The molecular weight excluding hydrogens is 194 g/mol. The molecule has 0 fully saturated rings. The molecule has 86 valence electrons. The molecule has 0 aliphatic heterocycles. The number of anilines is 1. The molecule has 1 aromatic carbocycles. The summed E-state index contributed by atoms with van der Waals surface area (Å²) in [5.41, 5.74) is 2.06. The second-order valence-electron chi connectivity index (χ2n) is 4.27. The SMILES string of the molecule is C#Cc1cccc(NC(C)CCCCC)c1. The number of hydrogen-bond donors (Lipinski definition) is 1. The van der Waals surface area contributed by atoms with Crippen molar-refractivity contribution in [1.29, 1.82) is 0 Å². The van der Waals surface area contributed by atoms with Crippen molar-refractivity contribution in [2.45, 2.75) is 45.6 Å². The van der Waals surface area contributed by atoms with Crippen molar-refractivity contribution in [1.82, 2.24) is 0 Å². The Bertz CT molecular complexity index is 349. The van der Waals surface area contributed by atoms with Gasteiger partial charge in [-0.3, -0.25) is 0 Å². The van der Waals surface area contributed by atoms with Crippen LogP contribution in [0.25, 0.3) is 0 Å². The van der Waals surface area contributed by atoms with E-state index in [4.69, 9.17) is 6.42 Å². The minimum Gasteiger partial charge on any atom is -0.383 e. The van der Waals surface area contributed by atoms with Gasteiger partial charge in [-0.2, -0.15) is 0 Å². The van der Waals surface area contributed by atoms with Gasteiger partial charge in [-0.25, -0.2) is 0 Å². The topological polar surface area (TPSA) is 12.0 Å². The largest absolute Gasteiger partial charge is 0.383 e. The Morgan fingerprint density at radius 1 is 1.38 bits per heavy atom. The molecule has 0 amide bonds. The van der Waals surface area contributed by atoms with Gasteiger partial charge in [0.15, 0.2) is 0 Å². The standard InChI is InChI=1S/C15H21N/c1-4-6-7-9-13(3)16-15-11-8-10-14(5-2)12-15/h2,8,10-13,16H,4,6-7,9H2,1,3H3. The first-order chi connectivity index (χ1) is 7.76. The fourth-order valence-corrected chi connectivity index (χ4v) is 1.76. The first-order valence-corrected chi connectivity index (χ1v) is 6.09. The van der Waals surface area contributed by atoms with Gasteiger partial charge in [-0.15, -0.1) is 6.42 Å². The molecule has 1 N–H and O–H groups in total. The number of rotatable bonds is 6. The second kappa shape index (κ2) is 6.95. The smallest absolute Gasteiger partial charge is 0.0354 e. The summed E-state index contributed by atoms with van der Waals surface area (Å²) in [6.07, 6.45) is 10.5. The first-order valence-electron chi connectivity index (χ1n) is 6.09. The van der Waals surface area contributed by atoms with E-state index in [1.165, 1.54) is 25.7 Å². The molecule has 0 aromatic heterocycles. The van der Waals surface area contributed by atoms with Gasteiger partial charge in [0.25, 0.3) is 0 Å². The number of terminal acetylenes is 1. The molecule has 1 aromatic rings. The van der Waals surface area contributed by atoms with Gasteiger partial charge < -0.3 is 5.32 Å². The molecule has 1 unspecified atom stereocenters. The highest BCUT2D eigenvalue weighted by Gasteiger charge is 2.01. The van der Waals surface area contributed by atoms with E-state index in [1.54, 1.807) is 0 Å². The van der Waals surface area contributed by atoms with Crippen molar-refractivity contribution in [3.8, 4) is 12.3 Å². The quantitative estimate of drug-likeness (QED) is 0.557. The van der Waals surface area contributed by atoms with Crippen molar-refractivity contribution in [3.63, 3.8) is 0 Å². The summed E-state index contributed by atoms with van der Waals surface area (Å²) < 4.78 is 0. The lowest BCUT2D eigenvalue weighted by molar-refractivity contribution is 0.615. The van der Waals surface area contributed by atoms with E-state index in [-0.39, 0.29) is 0 Å². The average molecular weight is 215 g/mol. The molecule has 1 nitrogen and oxygen atoms in total. The van der Waals surface area contributed by atoms with Crippen LogP contribution in [0.3, 0.4) is 0 Å². The van der Waals surface area contributed by atoms with E-state index in [9.17, 15) is 0 Å². The third-order valence-electron chi connectivity index (χ3n) is 2.68. The van der Waals surface area contributed by atoms with Crippen LogP contribution in [0.5, 0.6) is 0 Å². The van der Waals surface area contributed by atoms with Crippen molar-refractivity contribution >= 4 is 5.69 Å². The fourth-order valence-electron chi connectivity index (χ4n) is 1.76. The lowest BCUT2D eigenvalue weighted by Crippen LogP contribution is -2.14. The average Bonchev–Trinajstić information content (AvgIpc) is 2.29. The molecule has 1 heteroatoms. The highest BCUT2D eigenvalue weighted by atomic mass is 14.9. The number of nitrogens with one attached hydrogen (secondary N) is 1. The molecule has 1 atom stereocenters. The lowest BCUT2D eigenvalue weighted by atomic mass is 10.1. The first kappa shape index (κ1) is 12.6. The van der Waals surface area contributed by atoms with Gasteiger partial charge in [0.1, 0.15) is 0 Å². The molecule has 16 heavy (non-hydrogen) atoms. The Kier molecular flexibility index (Phi) is 5.50. The van der Waals surface area contributed by atoms with Gasteiger partial charge in [-0.1, -0.05) is 38.2 Å². The monoisotopic (exact) mass is 215 g/mol. The Labute approximate surface area is 99.3 Å². The van der Waals surface area contributed by atoms with Crippen LogP contribution >= 0.6 is 0 Å². The molecule has 0 spiro atoms. The maximum absolute atomic E-state index is 5.37. The molecule has 0 saturated carbocycles. The van der Waals surface area contributed by atoms with Crippen molar-refractivity contribution < 1.29 is 0 Å². The summed E-state index contributed by atoms with van der Waals surface area (Å²) in [7, 11) is 0. The molecule has 0 radical (unpaired) electrons. The molecule has 0 heterocycles. The highest BCUT2D eigenvalue weighted by molar-refractivity contribution is 5.50. The molecule has 0 aliphatic rings. The Balaban J connectivity index is 2.43. The Hall–Kier alpha value is -1.42. The number of hydrogen-bond acceptors (Lipinski definition) is 1. The van der Waals surface area contributed by atoms with Gasteiger partial charge >= 0.3 is 0 Å². The summed E-state index contributed by atoms with van der Waals surface area (Å²) >= 11 is 0. The van der Waals surface area contributed by atoms with E-state index >= 15 is 0 Å². The minimum absolute atomic E-state index is 0.513. The summed E-state index contributed by atoms with van der Waals surface area (Å²) in [5.74, 6) is 2.65. The van der Waals surface area contributed by atoms with Crippen LogP contribution in [-0.4, -0.2) is 6.04 Å². The lowest BCUT2D eigenvalue weighted by Gasteiger charge is -2.15. The van der Waals surface area contributed by atoms with Gasteiger partial charge in [0.2, 0.25) is 0 Å². The third-order valence-corrected chi connectivity index (χ3v) is 2.68. The summed E-state index contributed by atoms with van der Waals surface area (Å²) in [6, 6.07) is 8.55. The molecular formula is C15H21N. The molecule has 0 aliphatic carbocycles. The summed E-state index contributed by atoms with van der Waals surface area (Å²) in [6.45, 7) is 4.45. The zero-order valence-corrected chi connectivity index (χ0v) is 10.3.